The van der Waals surface area contributed by atoms with Crippen molar-refractivity contribution in [2.75, 3.05) is 14.2 Å². The highest BCUT2D eigenvalue weighted by atomic mass is 19.1. The predicted molar refractivity (Wildman–Crippen MR) is 93.9 cm³/mol. The smallest absolute Gasteiger partial charge is 0.161 e. The Hall–Kier alpha value is -2.07. The van der Waals surface area contributed by atoms with Gasteiger partial charge in [0.2, 0.25) is 0 Å². The molecule has 0 bridgehead atoms. The van der Waals surface area contributed by atoms with Crippen molar-refractivity contribution in [3.8, 4) is 11.5 Å². The van der Waals surface area contributed by atoms with E-state index in [1.807, 2.05) is 12.1 Å². The second kappa shape index (κ2) is 6.68. The lowest BCUT2D eigenvalue weighted by Crippen LogP contribution is -2.33. The topological polar surface area (TPSA) is 27.7 Å². The van der Waals surface area contributed by atoms with Crippen LogP contribution in [0.5, 0.6) is 11.5 Å². The molecule has 3 nitrogen and oxygen atoms in total. The summed E-state index contributed by atoms with van der Waals surface area (Å²) in [4.78, 5) is 0. The van der Waals surface area contributed by atoms with Gasteiger partial charge in [0, 0.05) is 5.92 Å². The van der Waals surface area contributed by atoms with Crippen LogP contribution in [0.3, 0.4) is 0 Å². The molecule has 0 N–H and O–H groups in total. The van der Waals surface area contributed by atoms with Crippen LogP contribution in [-0.4, -0.2) is 20.3 Å². The van der Waals surface area contributed by atoms with E-state index in [1.165, 1.54) is 24.5 Å². The quantitative estimate of drug-likeness (QED) is 0.786. The third kappa shape index (κ3) is 2.89. The Morgan fingerprint density at radius 2 is 1.68 bits per heavy atom. The monoisotopic (exact) mass is 342 g/mol. The number of hydrogen-bond acceptors (Lipinski definition) is 3. The van der Waals surface area contributed by atoms with Gasteiger partial charge < -0.3 is 14.2 Å². The van der Waals surface area contributed by atoms with Crippen LogP contribution in [0.1, 0.15) is 54.4 Å². The minimum absolute atomic E-state index is 0.174. The van der Waals surface area contributed by atoms with Crippen molar-refractivity contribution in [2.45, 2.75) is 43.8 Å². The molecule has 4 heteroatoms. The predicted octanol–water partition coefficient (Wildman–Crippen LogP) is 4.99. The highest BCUT2D eigenvalue weighted by Crippen LogP contribution is 2.49. The van der Waals surface area contributed by atoms with Crippen LogP contribution in [0.25, 0.3) is 0 Å². The average molecular weight is 342 g/mol. The minimum Gasteiger partial charge on any atom is -0.493 e. The number of fused-ring (bicyclic) bond motifs is 3. The molecule has 1 heterocycles. The van der Waals surface area contributed by atoms with Crippen LogP contribution in [0.2, 0.25) is 0 Å². The molecule has 25 heavy (non-hydrogen) atoms. The first-order valence-corrected chi connectivity index (χ1v) is 8.88. The molecular weight excluding hydrogens is 319 g/mol. The van der Waals surface area contributed by atoms with Crippen LogP contribution in [0.15, 0.2) is 36.4 Å². The summed E-state index contributed by atoms with van der Waals surface area (Å²) in [6.45, 7) is 0. The Kier molecular flexibility index (Phi) is 4.38. The van der Waals surface area contributed by atoms with E-state index in [1.54, 1.807) is 26.4 Å². The molecule has 132 valence electrons. The molecule has 0 amide bonds. The van der Waals surface area contributed by atoms with Crippen molar-refractivity contribution >= 4 is 0 Å². The van der Waals surface area contributed by atoms with E-state index in [-0.39, 0.29) is 18.0 Å². The normalized spacial score (nSPS) is 25.0. The Morgan fingerprint density at radius 1 is 0.960 bits per heavy atom. The van der Waals surface area contributed by atoms with Gasteiger partial charge in [0.15, 0.2) is 11.5 Å². The summed E-state index contributed by atoms with van der Waals surface area (Å²) in [5.74, 6) is 1.55. The number of hydrogen-bond donors (Lipinski definition) is 0. The molecule has 1 saturated carbocycles. The number of benzene rings is 2. The van der Waals surface area contributed by atoms with Gasteiger partial charge in [-0.25, -0.2) is 4.39 Å². The van der Waals surface area contributed by atoms with E-state index in [9.17, 15) is 4.39 Å². The van der Waals surface area contributed by atoms with Crippen molar-refractivity contribution in [3.05, 3.63) is 58.9 Å². The van der Waals surface area contributed by atoms with Crippen molar-refractivity contribution in [2.24, 2.45) is 0 Å². The molecule has 2 aromatic carbocycles. The van der Waals surface area contributed by atoms with E-state index in [0.717, 1.165) is 29.7 Å². The molecule has 1 aliphatic carbocycles. The summed E-state index contributed by atoms with van der Waals surface area (Å²) in [5, 5.41) is 0. The van der Waals surface area contributed by atoms with E-state index in [4.69, 9.17) is 14.2 Å². The summed E-state index contributed by atoms with van der Waals surface area (Å²) in [7, 11) is 3.29. The Labute approximate surface area is 147 Å². The van der Waals surface area contributed by atoms with Gasteiger partial charge in [-0.15, -0.1) is 0 Å². The third-order valence-corrected chi connectivity index (χ3v) is 5.44. The zero-order chi connectivity index (χ0) is 17.4. The number of rotatable bonds is 3. The maximum atomic E-state index is 13.8. The summed E-state index contributed by atoms with van der Waals surface area (Å²) in [5.41, 5.74) is 3.16. The molecule has 3 atom stereocenters. The van der Waals surface area contributed by atoms with Crippen molar-refractivity contribution in [3.63, 3.8) is 0 Å². The van der Waals surface area contributed by atoms with Gasteiger partial charge in [-0.05, 0) is 53.8 Å². The van der Waals surface area contributed by atoms with Gasteiger partial charge in [0.1, 0.15) is 11.9 Å². The SMILES string of the molecule is COc1cc2c(cc1OC)C1CCCCC1OC2c1cccc(F)c1. The van der Waals surface area contributed by atoms with Crippen LogP contribution in [0.4, 0.5) is 4.39 Å². The largest absolute Gasteiger partial charge is 0.493 e. The first-order valence-electron chi connectivity index (χ1n) is 8.88. The Morgan fingerprint density at radius 3 is 2.40 bits per heavy atom. The summed E-state index contributed by atoms with van der Waals surface area (Å²) in [6, 6.07) is 10.8. The van der Waals surface area contributed by atoms with Gasteiger partial charge >= 0.3 is 0 Å². The van der Waals surface area contributed by atoms with Crippen LogP contribution in [-0.2, 0) is 4.74 Å². The van der Waals surface area contributed by atoms with Crippen LogP contribution >= 0.6 is 0 Å². The maximum Gasteiger partial charge on any atom is 0.161 e. The second-order valence-electron chi connectivity index (χ2n) is 6.84. The molecule has 2 aliphatic rings. The standard InChI is InChI=1S/C21H23FO3/c1-23-19-11-16-15-8-3-4-9-18(15)25-21(17(16)12-20(19)24-2)13-6-5-7-14(22)10-13/h5-7,10-12,15,18,21H,3-4,8-9H2,1-2H3. The van der Waals surface area contributed by atoms with Crippen molar-refractivity contribution in [1.82, 2.24) is 0 Å². The lowest BCUT2D eigenvalue weighted by molar-refractivity contribution is -0.0392. The van der Waals surface area contributed by atoms with E-state index in [2.05, 4.69) is 6.07 Å². The lowest BCUT2D eigenvalue weighted by Gasteiger charge is -2.41. The highest BCUT2D eigenvalue weighted by molar-refractivity contribution is 5.52. The van der Waals surface area contributed by atoms with Gasteiger partial charge in [0.25, 0.3) is 0 Å². The van der Waals surface area contributed by atoms with Gasteiger partial charge in [-0.1, -0.05) is 25.0 Å². The molecule has 0 aromatic heterocycles. The number of methoxy groups -OCH3 is 2. The van der Waals surface area contributed by atoms with E-state index < -0.39 is 0 Å². The van der Waals surface area contributed by atoms with E-state index in [0.29, 0.717) is 11.7 Å². The first-order chi connectivity index (χ1) is 12.2. The van der Waals surface area contributed by atoms with Gasteiger partial charge in [-0.3, -0.25) is 0 Å². The molecule has 0 radical (unpaired) electrons. The summed E-state index contributed by atoms with van der Waals surface area (Å²) >= 11 is 0. The van der Waals surface area contributed by atoms with Crippen LogP contribution in [0, 0.1) is 5.82 Å². The molecule has 1 fully saturated rings. The second-order valence-corrected chi connectivity index (χ2v) is 6.84. The fourth-order valence-corrected chi connectivity index (χ4v) is 4.25. The van der Waals surface area contributed by atoms with Gasteiger partial charge in [-0.2, -0.15) is 0 Å². The lowest BCUT2D eigenvalue weighted by atomic mass is 9.76. The summed E-state index contributed by atoms with van der Waals surface area (Å²) in [6.07, 6.45) is 4.45. The minimum atomic E-state index is -0.273. The molecule has 0 spiro atoms. The van der Waals surface area contributed by atoms with Gasteiger partial charge in [0.05, 0.1) is 20.3 Å². The van der Waals surface area contributed by atoms with E-state index >= 15 is 0 Å². The molecule has 2 aromatic rings. The first kappa shape index (κ1) is 16.4. The zero-order valence-corrected chi connectivity index (χ0v) is 14.6. The van der Waals surface area contributed by atoms with Crippen LogP contribution < -0.4 is 9.47 Å². The molecular formula is C21H23FO3. The molecule has 1 aliphatic heterocycles. The highest BCUT2D eigenvalue weighted by Gasteiger charge is 2.38. The zero-order valence-electron chi connectivity index (χ0n) is 14.6. The summed E-state index contributed by atoms with van der Waals surface area (Å²) < 4.78 is 31.3. The fourth-order valence-electron chi connectivity index (χ4n) is 4.25. The number of halogens is 1. The Balaban J connectivity index is 1.87. The third-order valence-electron chi connectivity index (χ3n) is 5.44. The Bertz CT molecular complexity index is 774. The molecule has 0 saturated heterocycles. The number of ether oxygens (including phenoxy) is 3. The molecule has 3 unspecified atom stereocenters. The fraction of sp³-hybridized carbons (Fsp3) is 0.429. The van der Waals surface area contributed by atoms with Crippen molar-refractivity contribution < 1.29 is 18.6 Å². The molecule has 4 rings (SSSR count). The van der Waals surface area contributed by atoms with Crippen molar-refractivity contribution in [1.29, 1.82) is 0 Å². The average Bonchev–Trinajstić information content (AvgIpc) is 2.66. The maximum absolute atomic E-state index is 13.8.